The van der Waals surface area contributed by atoms with Crippen molar-refractivity contribution in [2.24, 2.45) is 5.73 Å². The Morgan fingerprint density at radius 3 is 2.88 bits per heavy atom. The number of nitrogens with two attached hydrogens (primary N) is 1. The molecule has 1 aromatic rings. The third kappa shape index (κ3) is 4.12. The number of rotatable bonds is 4. The molecule has 5 heteroatoms. The number of benzene rings is 1. The van der Waals surface area contributed by atoms with E-state index < -0.39 is 0 Å². The number of nitrogens with one attached hydrogen (secondary N) is 1. The van der Waals surface area contributed by atoms with E-state index in [9.17, 15) is 4.79 Å². The minimum absolute atomic E-state index is 0.0901. The van der Waals surface area contributed by atoms with Crippen LogP contribution < -0.4 is 11.1 Å². The third-order valence-corrected chi connectivity index (χ3v) is 3.41. The van der Waals surface area contributed by atoms with Crippen LogP contribution in [0.3, 0.4) is 0 Å². The molecule has 1 aromatic carbocycles. The van der Waals surface area contributed by atoms with E-state index in [2.05, 4.69) is 21.2 Å². The molecule has 0 aliphatic rings. The van der Waals surface area contributed by atoms with Gasteiger partial charge in [0.05, 0.1) is 5.02 Å². The average molecular weight is 306 g/mol. The molecule has 0 heterocycles. The maximum Gasteiger partial charge on any atom is 0.225 e. The Bertz CT molecular complexity index is 384. The molecule has 1 atom stereocenters. The van der Waals surface area contributed by atoms with Crippen molar-refractivity contribution >= 4 is 39.1 Å². The van der Waals surface area contributed by atoms with Gasteiger partial charge in [-0.1, -0.05) is 18.5 Å². The summed E-state index contributed by atoms with van der Waals surface area (Å²) in [6, 6.07) is 5.18. The van der Waals surface area contributed by atoms with Gasteiger partial charge in [0.1, 0.15) is 0 Å². The predicted molar refractivity (Wildman–Crippen MR) is 70.7 cm³/mol. The topological polar surface area (TPSA) is 55.1 Å². The van der Waals surface area contributed by atoms with E-state index in [0.29, 0.717) is 17.1 Å². The molecular weight excluding hydrogens is 291 g/mol. The molecule has 0 aliphatic carbocycles. The van der Waals surface area contributed by atoms with E-state index in [1.807, 2.05) is 6.92 Å². The summed E-state index contributed by atoms with van der Waals surface area (Å²) in [6.45, 7) is 1.95. The van der Waals surface area contributed by atoms with E-state index in [1.165, 1.54) is 0 Å². The van der Waals surface area contributed by atoms with Gasteiger partial charge in [-0.15, -0.1) is 0 Å². The lowest BCUT2D eigenvalue weighted by atomic mass is 10.1. The molecule has 1 unspecified atom stereocenters. The van der Waals surface area contributed by atoms with Crippen LogP contribution in [-0.4, -0.2) is 11.9 Å². The summed E-state index contributed by atoms with van der Waals surface area (Å²) in [7, 11) is 0. The third-order valence-electron chi connectivity index (χ3n) is 2.18. The van der Waals surface area contributed by atoms with Crippen LogP contribution >= 0.6 is 27.5 Å². The molecule has 0 saturated heterocycles. The fourth-order valence-electron chi connectivity index (χ4n) is 1.17. The minimum Gasteiger partial charge on any atom is -0.327 e. The van der Waals surface area contributed by atoms with E-state index in [1.54, 1.807) is 18.2 Å². The summed E-state index contributed by atoms with van der Waals surface area (Å²) in [5, 5.41) is 3.32. The number of anilines is 1. The van der Waals surface area contributed by atoms with Crippen LogP contribution in [0.25, 0.3) is 0 Å². The SMILES string of the molecule is CCC(N)CC(=O)Nc1ccc(Br)c(Cl)c1. The van der Waals surface area contributed by atoms with Crippen LogP contribution in [0.1, 0.15) is 19.8 Å². The first-order valence-electron chi connectivity index (χ1n) is 5.03. The van der Waals surface area contributed by atoms with E-state index in [-0.39, 0.29) is 11.9 Å². The van der Waals surface area contributed by atoms with Gasteiger partial charge in [0, 0.05) is 22.6 Å². The van der Waals surface area contributed by atoms with Gasteiger partial charge in [-0.25, -0.2) is 0 Å². The number of halogens is 2. The lowest BCUT2D eigenvalue weighted by molar-refractivity contribution is -0.116. The monoisotopic (exact) mass is 304 g/mol. The first-order chi connectivity index (χ1) is 7.52. The highest BCUT2D eigenvalue weighted by Crippen LogP contribution is 2.25. The molecular formula is C11H14BrClN2O. The van der Waals surface area contributed by atoms with E-state index in [4.69, 9.17) is 17.3 Å². The van der Waals surface area contributed by atoms with Crippen LogP contribution in [0, 0.1) is 0 Å². The fourth-order valence-corrected chi connectivity index (χ4v) is 1.60. The molecule has 88 valence electrons. The Balaban J connectivity index is 2.59. The smallest absolute Gasteiger partial charge is 0.225 e. The quantitative estimate of drug-likeness (QED) is 0.897. The zero-order valence-corrected chi connectivity index (χ0v) is 11.3. The minimum atomic E-state index is -0.0917. The van der Waals surface area contributed by atoms with Crippen molar-refractivity contribution < 1.29 is 4.79 Å². The van der Waals surface area contributed by atoms with E-state index in [0.717, 1.165) is 10.9 Å². The lowest BCUT2D eigenvalue weighted by Gasteiger charge is -2.09. The van der Waals surface area contributed by atoms with Crippen molar-refractivity contribution in [3.05, 3.63) is 27.7 Å². The fraction of sp³-hybridized carbons (Fsp3) is 0.364. The maximum absolute atomic E-state index is 11.5. The predicted octanol–water partition coefficient (Wildman–Crippen LogP) is 3.17. The van der Waals surface area contributed by atoms with Gasteiger partial charge in [0.2, 0.25) is 5.91 Å². The molecule has 16 heavy (non-hydrogen) atoms. The molecule has 0 bridgehead atoms. The second-order valence-corrected chi connectivity index (χ2v) is 4.81. The second-order valence-electron chi connectivity index (χ2n) is 3.55. The molecule has 3 nitrogen and oxygen atoms in total. The van der Waals surface area contributed by atoms with Gasteiger partial charge in [0.15, 0.2) is 0 Å². The van der Waals surface area contributed by atoms with Crippen LogP contribution in [-0.2, 0) is 4.79 Å². The van der Waals surface area contributed by atoms with Crippen molar-refractivity contribution in [1.29, 1.82) is 0 Å². The molecule has 1 rings (SSSR count). The van der Waals surface area contributed by atoms with Crippen molar-refractivity contribution in [1.82, 2.24) is 0 Å². The normalized spacial score (nSPS) is 12.2. The first-order valence-corrected chi connectivity index (χ1v) is 6.20. The Hall–Kier alpha value is -0.580. The summed E-state index contributed by atoms with van der Waals surface area (Å²) < 4.78 is 0.803. The zero-order valence-electron chi connectivity index (χ0n) is 8.97. The summed E-state index contributed by atoms with van der Waals surface area (Å²) in [6.07, 6.45) is 1.11. The number of hydrogen-bond donors (Lipinski definition) is 2. The number of carbonyl (C=O) groups excluding carboxylic acids is 1. The molecule has 0 radical (unpaired) electrons. The number of hydrogen-bond acceptors (Lipinski definition) is 2. The van der Waals surface area contributed by atoms with Crippen LogP contribution in [0.5, 0.6) is 0 Å². The molecule has 0 spiro atoms. The Morgan fingerprint density at radius 2 is 2.31 bits per heavy atom. The average Bonchev–Trinajstić information content (AvgIpc) is 2.23. The van der Waals surface area contributed by atoms with Crippen LogP contribution in [0.4, 0.5) is 5.69 Å². The van der Waals surface area contributed by atoms with Gasteiger partial charge in [0.25, 0.3) is 0 Å². The maximum atomic E-state index is 11.5. The lowest BCUT2D eigenvalue weighted by Crippen LogP contribution is -2.26. The number of amides is 1. The molecule has 1 amide bonds. The van der Waals surface area contributed by atoms with Crippen LogP contribution in [0.2, 0.25) is 5.02 Å². The largest absolute Gasteiger partial charge is 0.327 e. The molecule has 0 fully saturated rings. The van der Waals surface area contributed by atoms with Crippen molar-refractivity contribution in [2.75, 3.05) is 5.32 Å². The Labute approximate surface area is 108 Å². The molecule has 0 aromatic heterocycles. The van der Waals surface area contributed by atoms with E-state index >= 15 is 0 Å². The second kappa shape index (κ2) is 6.23. The summed E-state index contributed by atoms with van der Waals surface area (Å²) >= 11 is 9.19. The molecule has 0 saturated carbocycles. The summed E-state index contributed by atoms with van der Waals surface area (Å²) in [4.78, 5) is 11.5. The van der Waals surface area contributed by atoms with Crippen LogP contribution in [0.15, 0.2) is 22.7 Å². The van der Waals surface area contributed by atoms with Gasteiger partial charge >= 0.3 is 0 Å². The summed E-state index contributed by atoms with van der Waals surface area (Å²) in [5.74, 6) is -0.0901. The van der Waals surface area contributed by atoms with Crippen molar-refractivity contribution in [2.45, 2.75) is 25.8 Å². The van der Waals surface area contributed by atoms with Gasteiger partial charge < -0.3 is 11.1 Å². The highest BCUT2D eigenvalue weighted by molar-refractivity contribution is 9.10. The first kappa shape index (κ1) is 13.5. The highest BCUT2D eigenvalue weighted by Gasteiger charge is 2.08. The Morgan fingerprint density at radius 1 is 1.62 bits per heavy atom. The summed E-state index contributed by atoms with van der Waals surface area (Å²) in [5.41, 5.74) is 6.37. The Kier molecular flexibility index (Phi) is 5.25. The number of carbonyl (C=O) groups is 1. The van der Waals surface area contributed by atoms with Gasteiger partial charge in [-0.3, -0.25) is 4.79 Å². The molecule has 3 N–H and O–H groups in total. The van der Waals surface area contributed by atoms with Gasteiger partial charge in [-0.2, -0.15) is 0 Å². The van der Waals surface area contributed by atoms with Gasteiger partial charge in [-0.05, 0) is 40.5 Å². The highest BCUT2D eigenvalue weighted by atomic mass is 79.9. The van der Waals surface area contributed by atoms with Crippen molar-refractivity contribution in [3.8, 4) is 0 Å². The van der Waals surface area contributed by atoms with Crippen molar-refractivity contribution in [3.63, 3.8) is 0 Å². The molecule has 0 aliphatic heterocycles. The zero-order chi connectivity index (χ0) is 12.1. The standard InChI is InChI=1S/C11H14BrClN2O/c1-2-7(14)5-11(16)15-8-3-4-9(12)10(13)6-8/h3-4,6-7H,2,5,14H2,1H3,(H,15,16).